The van der Waals surface area contributed by atoms with Crippen molar-refractivity contribution in [2.75, 3.05) is 12.3 Å². The van der Waals surface area contributed by atoms with E-state index in [1.807, 2.05) is 25.4 Å². The summed E-state index contributed by atoms with van der Waals surface area (Å²) in [5, 5.41) is 7.25. The summed E-state index contributed by atoms with van der Waals surface area (Å²) >= 11 is 1.40. The van der Waals surface area contributed by atoms with Gasteiger partial charge in [-0.25, -0.2) is 13.9 Å². The van der Waals surface area contributed by atoms with E-state index in [0.29, 0.717) is 12.3 Å². The van der Waals surface area contributed by atoms with Gasteiger partial charge < -0.3 is 5.32 Å². The summed E-state index contributed by atoms with van der Waals surface area (Å²) in [6, 6.07) is 8.07. The Hall–Kier alpha value is -2.41. The fourth-order valence-corrected chi connectivity index (χ4v) is 3.14. The first-order valence-corrected chi connectivity index (χ1v) is 9.05. The van der Waals surface area contributed by atoms with E-state index in [2.05, 4.69) is 15.4 Å². The van der Waals surface area contributed by atoms with Gasteiger partial charge in [0.05, 0.1) is 11.4 Å². The quantitative estimate of drug-likeness (QED) is 0.521. The van der Waals surface area contributed by atoms with E-state index in [4.69, 9.17) is 0 Å². The molecule has 0 unspecified atom stereocenters. The average Bonchev–Trinajstić information content (AvgIpc) is 2.97. The maximum absolute atomic E-state index is 12.8. The van der Waals surface area contributed by atoms with Crippen molar-refractivity contribution >= 4 is 23.3 Å². The number of hydrogen-bond donors (Lipinski definition) is 1. The molecule has 0 atom stereocenters. The van der Waals surface area contributed by atoms with Crippen molar-refractivity contribution in [3.05, 3.63) is 59.8 Å². The molecule has 130 valence electrons. The van der Waals surface area contributed by atoms with Crippen LogP contribution in [0, 0.1) is 12.7 Å². The first kappa shape index (κ1) is 17.4. The Labute approximate surface area is 149 Å². The Kier molecular flexibility index (Phi) is 5.65. The highest BCUT2D eigenvalue weighted by molar-refractivity contribution is 8.00. The molecule has 3 rings (SSSR count). The van der Waals surface area contributed by atoms with Crippen molar-refractivity contribution in [2.45, 2.75) is 24.7 Å². The predicted octanol–water partition coefficient (Wildman–Crippen LogP) is 3.02. The van der Waals surface area contributed by atoms with E-state index < -0.39 is 0 Å². The normalized spacial score (nSPS) is 11.0. The van der Waals surface area contributed by atoms with Crippen molar-refractivity contribution in [1.82, 2.24) is 19.9 Å². The fourth-order valence-electron chi connectivity index (χ4n) is 2.41. The molecule has 2 heterocycles. The molecule has 7 heteroatoms. The van der Waals surface area contributed by atoms with Crippen molar-refractivity contribution in [3.63, 3.8) is 0 Å². The second-order valence-electron chi connectivity index (χ2n) is 5.75. The molecule has 0 fully saturated rings. The number of carbonyl (C=O) groups excluding carboxylic acids is 1. The SMILES string of the molecule is Cc1cc2ncc(CCCNC(=O)CSc3ccc(F)cc3)cn2n1. The van der Waals surface area contributed by atoms with Crippen LogP contribution < -0.4 is 5.32 Å². The molecule has 0 saturated carbocycles. The van der Waals surface area contributed by atoms with E-state index in [0.717, 1.165) is 34.6 Å². The maximum atomic E-state index is 12.8. The number of aryl methyl sites for hydroxylation is 2. The van der Waals surface area contributed by atoms with Gasteiger partial charge >= 0.3 is 0 Å². The third-order valence-electron chi connectivity index (χ3n) is 3.64. The maximum Gasteiger partial charge on any atom is 0.230 e. The van der Waals surface area contributed by atoms with Crippen LogP contribution >= 0.6 is 11.8 Å². The lowest BCUT2D eigenvalue weighted by molar-refractivity contribution is -0.118. The smallest absolute Gasteiger partial charge is 0.230 e. The molecule has 0 spiro atoms. The van der Waals surface area contributed by atoms with Crippen LogP contribution in [-0.2, 0) is 11.2 Å². The van der Waals surface area contributed by atoms with Crippen LogP contribution in [0.3, 0.4) is 0 Å². The zero-order valence-electron chi connectivity index (χ0n) is 13.9. The monoisotopic (exact) mass is 358 g/mol. The Morgan fingerprint density at radius 2 is 2.12 bits per heavy atom. The summed E-state index contributed by atoms with van der Waals surface area (Å²) in [4.78, 5) is 17.1. The molecule has 2 aromatic heterocycles. The minimum atomic E-state index is -0.272. The van der Waals surface area contributed by atoms with Gasteiger partial charge in [0.15, 0.2) is 5.65 Å². The molecule has 0 aliphatic rings. The molecule has 0 radical (unpaired) electrons. The van der Waals surface area contributed by atoms with Crippen LogP contribution in [0.25, 0.3) is 5.65 Å². The Bertz CT molecular complexity index is 863. The minimum absolute atomic E-state index is 0.0226. The largest absolute Gasteiger partial charge is 0.355 e. The number of carbonyl (C=O) groups is 1. The van der Waals surface area contributed by atoms with Crippen molar-refractivity contribution in [3.8, 4) is 0 Å². The molecular formula is C18H19FN4OS. The number of fused-ring (bicyclic) bond motifs is 1. The van der Waals surface area contributed by atoms with Crippen molar-refractivity contribution in [2.24, 2.45) is 0 Å². The van der Waals surface area contributed by atoms with E-state index in [-0.39, 0.29) is 11.7 Å². The highest BCUT2D eigenvalue weighted by atomic mass is 32.2. The van der Waals surface area contributed by atoms with Crippen LogP contribution in [0.1, 0.15) is 17.7 Å². The summed E-state index contributed by atoms with van der Waals surface area (Å²) in [5.74, 6) is 0.0310. The molecule has 0 bridgehead atoms. The standard InChI is InChI=1S/C18H19FN4OS/c1-13-9-17-21-10-14(11-23(17)22-13)3-2-8-20-18(24)12-25-16-6-4-15(19)5-7-16/h4-7,9-11H,2-3,8,12H2,1H3,(H,20,24). The van der Waals surface area contributed by atoms with Gasteiger partial charge in [-0.2, -0.15) is 5.10 Å². The molecular weight excluding hydrogens is 339 g/mol. The van der Waals surface area contributed by atoms with E-state index in [1.165, 1.54) is 23.9 Å². The van der Waals surface area contributed by atoms with Crippen LogP contribution in [-0.4, -0.2) is 32.8 Å². The van der Waals surface area contributed by atoms with Gasteiger partial charge in [-0.1, -0.05) is 0 Å². The third-order valence-corrected chi connectivity index (χ3v) is 4.65. The lowest BCUT2D eigenvalue weighted by atomic mass is 10.2. The predicted molar refractivity (Wildman–Crippen MR) is 96.2 cm³/mol. The van der Waals surface area contributed by atoms with Crippen LogP contribution in [0.4, 0.5) is 4.39 Å². The molecule has 3 aromatic rings. The summed E-state index contributed by atoms with van der Waals surface area (Å²) in [6.07, 6.45) is 5.48. The molecule has 0 aliphatic carbocycles. The highest BCUT2D eigenvalue weighted by Crippen LogP contribution is 2.17. The summed E-state index contributed by atoms with van der Waals surface area (Å²) < 4.78 is 14.6. The molecule has 1 N–H and O–H groups in total. The first-order valence-electron chi connectivity index (χ1n) is 8.06. The second kappa shape index (κ2) is 8.11. The molecule has 25 heavy (non-hydrogen) atoms. The number of rotatable bonds is 7. The van der Waals surface area contributed by atoms with Crippen LogP contribution in [0.5, 0.6) is 0 Å². The number of halogens is 1. The minimum Gasteiger partial charge on any atom is -0.355 e. The number of thioether (sulfide) groups is 1. The molecule has 0 aliphatic heterocycles. The topological polar surface area (TPSA) is 59.3 Å². The Morgan fingerprint density at radius 3 is 2.92 bits per heavy atom. The number of nitrogens with zero attached hydrogens (tertiary/aromatic N) is 3. The van der Waals surface area contributed by atoms with Gasteiger partial charge in [0.2, 0.25) is 5.91 Å². The number of nitrogens with one attached hydrogen (secondary N) is 1. The zero-order chi connectivity index (χ0) is 17.6. The summed E-state index contributed by atoms with van der Waals surface area (Å²) in [7, 11) is 0. The number of amides is 1. The Balaban J connectivity index is 1.38. The van der Waals surface area contributed by atoms with Crippen molar-refractivity contribution < 1.29 is 9.18 Å². The van der Waals surface area contributed by atoms with E-state index >= 15 is 0 Å². The fraction of sp³-hybridized carbons (Fsp3) is 0.278. The summed E-state index contributed by atoms with van der Waals surface area (Å²) in [6.45, 7) is 2.55. The number of hydrogen-bond acceptors (Lipinski definition) is 4. The van der Waals surface area contributed by atoms with Gasteiger partial charge in [-0.3, -0.25) is 4.79 Å². The molecule has 5 nitrogen and oxygen atoms in total. The number of aromatic nitrogens is 3. The first-order chi connectivity index (χ1) is 12.1. The second-order valence-corrected chi connectivity index (χ2v) is 6.80. The van der Waals surface area contributed by atoms with Gasteiger partial charge in [0.25, 0.3) is 0 Å². The molecule has 1 amide bonds. The molecule has 1 aromatic carbocycles. The van der Waals surface area contributed by atoms with Gasteiger partial charge in [-0.05, 0) is 49.6 Å². The summed E-state index contributed by atoms with van der Waals surface area (Å²) in [5.41, 5.74) is 2.87. The highest BCUT2D eigenvalue weighted by Gasteiger charge is 2.04. The van der Waals surface area contributed by atoms with Crippen LogP contribution in [0.2, 0.25) is 0 Å². The lowest BCUT2D eigenvalue weighted by Gasteiger charge is -2.06. The average molecular weight is 358 g/mol. The molecule has 0 saturated heterocycles. The van der Waals surface area contributed by atoms with Crippen molar-refractivity contribution in [1.29, 1.82) is 0 Å². The Morgan fingerprint density at radius 1 is 1.32 bits per heavy atom. The van der Waals surface area contributed by atoms with Crippen LogP contribution in [0.15, 0.2) is 47.6 Å². The van der Waals surface area contributed by atoms with E-state index in [1.54, 1.807) is 16.6 Å². The van der Waals surface area contributed by atoms with Gasteiger partial charge in [0.1, 0.15) is 5.82 Å². The third kappa shape index (κ3) is 5.03. The van der Waals surface area contributed by atoms with E-state index in [9.17, 15) is 9.18 Å². The lowest BCUT2D eigenvalue weighted by Crippen LogP contribution is -2.26. The van der Waals surface area contributed by atoms with Gasteiger partial charge in [-0.15, -0.1) is 11.8 Å². The number of benzene rings is 1. The zero-order valence-corrected chi connectivity index (χ0v) is 14.7. The van der Waals surface area contributed by atoms with Gasteiger partial charge in [0, 0.05) is 29.9 Å².